The Labute approximate surface area is 54.2 Å². The summed E-state index contributed by atoms with van der Waals surface area (Å²) in [7, 11) is 0. The Morgan fingerprint density at radius 3 is 0.429 bits per heavy atom. The summed E-state index contributed by atoms with van der Waals surface area (Å²) in [5.41, 5.74) is 0. The Morgan fingerprint density at radius 1 is 0.429 bits per heavy atom. The van der Waals surface area contributed by atoms with Crippen LogP contribution in [0.4, 0.5) is 0 Å². The monoisotopic (exact) mass is 233 g/mol. The topological polar surface area (TPSA) is 36.5 Å². The van der Waals surface area contributed by atoms with Gasteiger partial charge < -0.3 is 29.7 Å². The van der Waals surface area contributed by atoms with Gasteiger partial charge >= 0.3 is 23.9 Å². The molecule has 0 aromatic carbocycles. The molecule has 0 unspecified atom stereocenters. The predicted octanol–water partition coefficient (Wildman–Crippen LogP) is -15.0. The number of halogens is 5. The van der Waals surface area contributed by atoms with E-state index in [4.69, 9.17) is 0 Å². The van der Waals surface area contributed by atoms with Crippen molar-refractivity contribution in [1.29, 1.82) is 0 Å². The predicted molar refractivity (Wildman–Crippen MR) is 11.7 cm³/mol. The van der Waals surface area contributed by atoms with Crippen LogP contribution in [0.15, 0.2) is 0 Å². The summed E-state index contributed by atoms with van der Waals surface area (Å²) >= 11 is 0. The first-order valence-electron chi connectivity index (χ1n) is 0. The van der Waals surface area contributed by atoms with Gasteiger partial charge in [0.1, 0.15) is 0 Å². The average Bonchev–Trinajstić information content (AvgIpc) is 0. The molecule has 0 spiro atoms. The Balaban J connectivity index is 0. The van der Waals surface area contributed by atoms with E-state index >= 15 is 0 Å². The summed E-state index contributed by atoms with van der Waals surface area (Å²) in [6.45, 7) is 0. The Bertz CT molecular complexity index is 8.04. The zero-order valence-corrected chi connectivity index (χ0v) is 6.24. The Hall–Kier alpha value is 0.409. The van der Waals surface area contributed by atoms with Crippen molar-refractivity contribution in [1.82, 2.24) is 6.15 Å². The van der Waals surface area contributed by atoms with E-state index in [-0.39, 0.29) is 53.6 Å². The fraction of sp³-hybridized carbons (Fsp3) is 0. The molecule has 0 heterocycles. The van der Waals surface area contributed by atoms with Crippen LogP contribution < -0.4 is 29.7 Å². The fourth-order valence-corrected chi connectivity index (χ4v) is 0. The van der Waals surface area contributed by atoms with Gasteiger partial charge in [-0.2, -0.15) is 0 Å². The van der Waals surface area contributed by atoms with E-state index in [1.54, 1.807) is 0 Å². The number of quaternary nitrogens is 1. The Morgan fingerprint density at radius 2 is 0.429 bits per heavy atom. The molecular formula is H4F5NSn. The first-order valence-corrected chi connectivity index (χ1v) is 0. The number of hydrogen-bond donors (Lipinski definition) is 1. The van der Waals surface area contributed by atoms with Gasteiger partial charge in [0.05, 0.1) is 0 Å². The van der Waals surface area contributed by atoms with Crippen LogP contribution in [0.25, 0.3) is 0 Å². The minimum absolute atomic E-state index is 0. The molecule has 0 aromatic heterocycles. The van der Waals surface area contributed by atoms with Gasteiger partial charge in [-0.05, 0) is 0 Å². The second-order valence-corrected chi connectivity index (χ2v) is 0. The fourth-order valence-electron chi connectivity index (χ4n) is 0. The van der Waals surface area contributed by atoms with Crippen molar-refractivity contribution in [2.75, 3.05) is 0 Å². The second kappa shape index (κ2) is 1120. The minimum atomic E-state index is 0. The number of hydrogen-bond acceptors (Lipinski definition) is 0. The zero-order chi connectivity index (χ0) is 0. The third-order valence-electron chi connectivity index (χ3n) is 0. The third kappa shape index (κ3) is 746. The van der Waals surface area contributed by atoms with Gasteiger partial charge in [0.15, 0.2) is 0 Å². The van der Waals surface area contributed by atoms with Crippen molar-refractivity contribution in [3.8, 4) is 0 Å². The maximum Gasteiger partial charge on any atom is 4.00 e. The summed E-state index contributed by atoms with van der Waals surface area (Å²) in [6, 6.07) is 0. The molecule has 48 valence electrons. The van der Waals surface area contributed by atoms with Gasteiger partial charge in [0.25, 0.3) is 0 Å². The normalized spacial score (nSPS) is 0. The first kappa shape index (κ1) is 1820. The third-order valence-corrected chi connectivity index (χ3v) is 0. The van der Waals surface area contributed by atoms with Crippen LogP contribution in [-0.2, 0) is 0 Å². The minimum Gasteiger partial charge on any atom is -1.00 e. The van der Waals surface area contributed by atoms with Gasteiger partial charge in [-0.3, -0.25) is 0 Å². The summed E-state index contributed by atoms with van der Waals surface area (Å²) < 4.78 is 0. The summed E-state index contributed by atoms with van der Waals surface area (Å²) in [4.78, 5) is 0. The quantitative estimate of drug-likeness (QED) is 0.318. The van der Waals surface area contributed by atoms with Gasteiger partial charge in [-0.25, -0.2) is 0 Å². The van der Waals surface area contributed by atoms with E-state index in [0.29, 0.717) is 0 Å². The zero-order valence-electron chi connectivity index (χ0n) is 3.39. The molecular weight excluding hydrogens is 228 g/mol. The van der Waals surface area contributed by atoms with Crippen molar-refractivity contribution < 1.29 is 23.5 Å². The maximum atomic E-state index is 0. The van der Waals surface area contributed by atoms with Gasteiger partial charge in [-0.1, -0.05) is 0 Å². The van der Waals surface area contributed by atoms with Crippen LogP contribution >= 0.6 is 0 Å². The molecule has 0 aliphatic rings. The van der Waals surface area contributed by atoms with Gasteiger partial charge in [0.2, 0.25) is 0 Å². The van der Waals surface area contributed by atoms with E-state index in [0.717, 1.165) is 0 Å². The standard InChI is InChI=1S/5FH.H3N.Sn/h5*1H;1H3;/q;;;;;;+4/p-4. The average molecular weight is 232 g/mol. The molecule has 0 bridgehead atoms. The molecule has 0 amide bonds. The van der Waals surface area contributed by atoms with Gasteiger partial charge in [-0.15, -0.1) is 0 Å². The molecule has 0 rings (SSSR count). The SMILES string of the molecule is [F-].[F-].[F-].[F-].[F-].[NH4+].[Sn+4]. The van der Waals surface area contributed by atoms with Crippen LogP contribution in [0.1, 0.15) is 0 Å². The van der Waals surface area contributed by atoms with Crippen molar-refractivity contribution in [3.63, 3.8) is 0 Å². The summed E-state index contributed by atoms with van der Waals surface area (Å²) in [6.07, 6.45) is 0. The van der Waals surface area contributed by atoms with Crippen LogP contribution in [0.5, 0.6) is 0 Å². The molecule has 0 aliphatic carbocycles. The smallest absolute Gasteiger partial charge is 1.00 e. The molecule has 0 saturated carbocycles. The van der Waals surface area contributed by atoms with E-state index in [9.17, 15) is 0 Å². The second-order valence-electron chi connectivity index (χ2n) is 0. The maximum absolute atomic E-state index is 0. The molecule has 4 N–H and O–H groups in total. The Kier molecular flexibility index (Phi) is 292000. The molecule has 0 saturated heterocycles. The molecule has 1 nitrogen and oxygen atoms in total. The van der Waals surface area contributed by atoms with Gasteiger partial charge in [0, 0.05) is 0 Å². The van der Waals surface area contributed by atoms with E-state index in [1.165, 1.54) is 0 Å². The van der Waals surface area contributed by atoms with Crippen LogP contribution in [0.3, 0.4) is 0 Å². The number of rotatable bonds is 0. The molecule has 0 fully saturated rings. The van der Waals surface area contributed by atoms with E-state index in [2.05, 4.69) is 0 Å². The van der Waals surface area contributed by atoms with E-state index < -0.39 is 0 Å². The van der Waals surface area contributed by atoms with Crippen molar-refractivity contribution in [2.45, 2.75) is 0 Å². The molecule has 0 aromatic rings. The molecule has 7 heteroatoms. The van der Waals surface area contributed by atoms with Crippen LogP contribution in [0.2, 0.25) is 0 Å². The first-order chi connectivity index (χ1) is 0. The van der Waals surface area contributed by atoms with Crippen molar-refractivity contribution in [3.05, 3.63) is 0 Å². The summed E-state index contributed by atoms with van der Waals surface area (Å²) in [5.74, 6) is 0. The van der Waals surface area contributed by atoms with Crippen molar-refractivity contribution in [2.24, 2.45) is 0 Å². The molecule has 0 atom stereocenters. The van der Waals surface area contributed by atoms with E-state index in [1.807, 2.05) is 0 Å². The summed E-state index contributed by atoms with van der Waals surface area (Å²) in [5, 5.41) is 0. The molecule has 7 heavy (non-hydrogen) atoms. The van der Waals surface area contributed by atoms with Crippen molar-refractivity contribution >= 4 is 23.9 Å². The van der Waals surface area contributed by atoms with Crippen LogP contribution in [0, 0.1) is 0 Å². The largest absolute Gasteiger partial charge is 4.00 e. The molecule has 0 radical (unpaired) electrons. The molecule has 0 aliphatic heterocycles. The van der Waals surface area contributed by atoms with Crippen LogP contribution in [-0.4, -0.2) is 23.9 Å².